The van der Waals surface area contributed by atoms with E-state index in [1.54, 1.807) is 12.1 Å². The molecule has 1 saturated heterocycles. The Balaban J connectivity index is 1.56. The summed E-state index contributed by atoms with van der Waals surface area (Å²) in [5.41, 5.74) is 1.94. The van der Waals surface area contributed by atoms with E-state index in [2.05, 4.69) is 0 Å². The third kappa shape index (κ3) is 4.39. The van der Waals surface area contributed by atoms with Crippen LogP contribution >= 0.6 is 0 Å². The monoisotopic (exact) mass is 375 g/mol. The first-order valence-corrected chi connectivity index (χ1v) is 10.1. The first kappa shape index (κ1) is 18.3. The number of nitro benzene ring substituents is 1. The van der Waals surface area contributed by atoms with Crippen molar-refractivity contribution in [3.05, 3.63) is 70.3 Å². The molecule has 0 atom stereocenters. The number of piperazine rings is 1. The van der Waals surface area contributed by atoms with Gasteiger partial charge >= 0.3 is 0 Å². The van der Waals surface area contributed by atoms with Crippen LogP contribution in [0.4, 0.5) is 11.4 Å². The minimum atomic E-state index is -3.29. The Kier molecular flexibility index (Phi) is 5.53. The lowest BCUT2D eigenvalue weighted by atomic mass is 10.2. The van der Waals surface area contributed by atoms with Crippen molar-refractivity contribution >= 4 is 21.4 Å². The molecule has 0 amide bonds. The molecule has 1 fully saturated rings. The van der Waals surface area contributed by atoms with Crippen molar-refractivity contribution in [3.63, 3.8) is 0 Å². The van der Waals surface area contributed by atoms with Gasteiger partial charge in [0.2, 0.25) is 10.0 Å². The quantitative estimate of drug-likeness (QED) is 0.571. The van der Waals surface area contributed by atoms with Crippen LogP contribution in [0.3, 0.4) is 0 Å². The first-order valence-electron chi connectivity index (χ1n) is 8.47. The molecule has 26 heavy (non-hydrogen) atoms. The fourth-order valence-corrected chi connectivity index (χ4v) is 4.50. The van der Waals surface area contributed by atoms with Crippen LogP contribution in [0.15, 0.2) is 54.6 Å². The summed E-state index contributed by atoms with van der Waals surface area (Å²) in [6.07, 6.45) is 0.506. The highest BCUT2D eigenvalue weighted by Gasteiger charge is 2.26. The molecule has 7 nitrogen and oxygen atoms in total. The van der Waals surface area contributed by atoms with Crippen molar-refractivity contribution in [1.82, 2.24) is 4.31 Å². The zero-order valence-corrected chi connectivity index (χ0v) is 15.1. The highest BCUT2D eigenvalue weighted by molar-refractivity contribution is 7.89. The van der Waals surface area contributed by atoms with E-state index in [-0.39, 0.29) is 11.4 Å². The fraction of sp³-hybridized carbons (Fsp3) is 0.333. The Morgan fingerprint density at radius 2 is 1.54 bits per heavy atom. The zero-order valence-electron chi connectivity index (χ0n) is 14.3. The fourth-order valence-electron chi connectivity index (χ4n) is 3.03. The zero-order chi connectivity index (χ0) is 18.6. The Hall–Kier alpha value is -2.45. The normalized spacial score (nSPS) is 15.8. The molecule has 2 aromatic rings. The van der Waals surface area contributed by atoms with Crippen molar-refractivity contribution in [2.75, 3.05) is 36.8 Å². The number of nitro groups is 1. The van der Waals surface area contributed by atoms with Crippen LogP contribution in [0.1, 0.15) is 5.56 Å². The average Bonchev–Trinajstić information content (AvgIpc) is 2.67. The van der Waals surface area contributed by atoms with Gasteiger partial charge < -0.3 is 4.90 Å². The highest BCUT2D eigenvalue weighted by atomic mass is 32.2. The van der Waals surface area contributed by atoms with Crippen LogP contribution in [-0.2, 0) is 16.4 Å². The number of hydrogen-bond acceptors (Lipinski definition) is 5. The van der Waals surface area contributed by atoms with Gasteiger partial charge in [0.05, 0.1) is 10.7 Å². The molecule has 0 unspecified atom stereocenters. The summed E-state index contributed by atoms with van der Waals surface area (Å²) in [7, 11) is -3.29. The highest BCUT2D eigenvalue weighted by Crippen LogP contribution is 2.21. The van der Waals surface area contributed by atoms with E-state index in [0.29, 0.717) is 32.6 Å². The summed E-state index contributed by atoms with van der Waals surface area (Å²) in [6.45, 7) is 1.99. The number of hydrogen-bond donors (Lipinski definition) is 0. The van der Waals surface area contributed by atoms with E-state index in [0.717, 1.165) is 11.3 Å². The summed E-state index contributed by atoms with van der Waals surface area (Å²) >= 11 is 0. The molecule has 0 radical (unpaired) electrons. The van der Waals surface area contributed by atoms with Crippen LogP contribution in [0.5, 0.6) is 0 Å². The van der Waals surface area contributed by atoms with Gasteiger partial charge in [0.15, 0.2) is 0 Å². The molecule has 1 aliphatic heterocycles. The van der Waals surface area contributed by atoms with Crippen molar-refractivity contribution in [3.8, 4) is 0 Å². The molecular formula is C18H21N3O4S. The molecule has 1 heterocycles. The Morgan fingerprint density at radius 3 is 2.12 bits per heavy atom. The third-order valence-corrected chi connectivity index (χ3v) is 6.42. The van der Waals surface area contributed by atoms with Crippen LogP contribution in [-0.4, -0.2) is 49.6 Å². The lowest BCUT2D eigenvalue weighted by Gasteiger charge is -2.35. The number of benzene rings is 2. The maximum Gasteiger partial charge on any atom is 0.269 e. The molecule has 3 rings (SSSR count). The van der Waals surface area contributed by atoms with E-state index >= 15 is 0 Å². The molecule has 0 saturated carbocycles. The molecule has 0 aromatic heterocycles. The van der Waals surface area contributed by atoms with Crippen molar-refractivity contribution in [2.24, 2.45) is 0 Å². The Bertz CT molecular complexity index is 846. The maximum absolute atomic E-state index is 12.6. The summed E-state index contributed by atoms with van der Waals surface area (Å²) in [4.78, 5) is 12.3. The minimum absolute atomic E-state index is 0.0517. The molecule has 0 bridgehead atoms. The van der Waals surface area contributed by atoms with E-state index in [1.807, 2.05) is 35.2 Å². The topological polar surface area (TPSA) is 83.8 Å². The molecule has 8 heteroatoms. The van der Waals surface area contributed by atoms with Gasteiger partial charge in [-0.2, -0.15) is 4.31 Å². The number of non-ortho nitro benzene ring substituents is 1. The van der Waals surface area contributed by atoms with Crippen LogP contribution in [0.2, 0.25) is 0 Å². The molecular weight excluding hydrogens is 354 g/mol. The summed E-state index contributed by atoms with van der Waals surface area (Å²) in [5.74, 6) is 0.106. The second kappa shape index (κ2) is 7.84. The molecule has 1 aliphatic rings. The lowest BCUT2D eigenvalue weighted by Crippen LogP contribution is -2.49. The van der Waals surface area contributed by atoms with Crippen LogP contribution in [0, 0.1) is 10.1 Å². The first-order chi connectivity index (χ1) is 12.5. The van der Waals surface area contributed by atoms with Crippen molar-refractivity contribution in [1.29, 1.82) is 0 Å². The van der Waals surface area contributed by atoms with E-state index in [4.69, 9.17) is 0 Å². The summed E-state index contributed by atoms with van der Waals surface area (Å²) in [5, 5.41) is 10.7. The predicted octanol–water partition coefficient (Wildman–Crippen LogP) is 2.29. The maximum atomic E-state index is 12.6. The van der Waals surface area contributed by atoms with Crippen LogP contribution < -0.4 is 4.90 Å². The Morgan fingerprint density at radius 1 is 0.923 bits per heavy atom. The number of rotatable bonds is 6. The van der Waals surface area contributed by atoms with Gasteiger partial charge in [0, 0.05) is 44.0 Å². The second-order valence-electron chi connectivity index (χ2n) is 6.21. The number of nitrogens with zero attached hydrogens (tertiary/aromatic N) is 3. The number of anilines is 1. The van der Waals surface area contributed by atoms with E-state index < -0.39 is 14.9 Å². The molecule has 2 aromatic carbocycles. The van der Waals surface area contributed by atoms with Gasteiger partial charge in [0.25, 0.3) is 5.69 Å². The standard InChI is InChI=1S/C18H21N3O4S/c22-21(23)18-8-6-17(7-9-18)19-11-13-20(14-12-19)26(24,25)15-10-16-4-2-1-3-5-16/h1-9H,10-15H2. The second-order valence-corrected chi connectivity index (χ2v) is 8.30. The van der Waals surface area contributed by atoms with Gasteiger partial charge in [-0.25, -0.2) is 8.42 Å². The third-order valence-electron chi connectivity index (χ3n) is 4.55. The van der Waals surface area contributed by atoms with Crippen LogP contribution in [0.25, 0.3) is 0 Å². The molecule has 0 spiro atoms. The Labute approximate surface area is 153 Å². The van der Waals surface area contributed by atoms with Gasteiger partial charge in [-0.05, 0) is 24.1 Å². The van der Waals surface area contributed by atoms with Gasteiger partial charge in [-0.3, -0.25) is 10.1 Å². The summed E-state index contributed by atoms with van der Waals surface area (Å²) < 4.78 is 26.6. The number of aryl methyl sites for hydroxylation is 1. The lowest BCUT2D eigenvalue weighted by molar-refractivity contribution is -0.384. The SMILES string of the molecule is O=[N+]([O-])c1ccc(N2CCN(S(=O)(=O)CCc3ccccc3)CC2)cc1. The largest absolute Gasteiger partial charge is 0.369 e. The van der Waals surface area contributed by atoms with Gasteiger partial charge in [0.1, 0.15) is 0 Å². The van der Waals surface area contributed by atoms with Crippen molar-refractivity contribution in [2.45, 2.75) is 6.42 Å². The van der Waals surface area contributed by atoms with E-state index in [9.17, 15) is 18.5 Å². The smallest absolute Gasteiger partial charge is 0.269 e. The molecule has 138 valence electrons. The minimum Gasteiger partial charge on any atom is -0.369 e. The summed E-state index contributed by atoms with van der Waals surface area (Å²) in [6, 6.07) is 15.9. The van der Waals surface area contributed by atoms with Gasteiger partial charge in [-0.15, -0.1) is 0 Å². The predicted molar refractivity (Wildman–Crippen MR) is 101 cm³/mol. The number of sulfonamides is 1. The van der Waals surface area contributed by atoms with Gasteiger partial charge in [-0.1, -0.05) is 30.3 Å². The molecule has 0 N–H and O–H groups in total. The average molecular weight is 375 g/mol. The molecule has 0 aliphatic carbocycles. The van der Waals surface area contributed by atoms with Crippen molar-refractivity contribution < 1.29 is 13.3 Å². The van der Waals surface area contributed by atoms with E-state index in [1.165, 1.54) is 16.4 Å².